The second kappa shape index (κ2) is 11.3. The number of ether oxygens (including phenoxy) is 1. The number of methoxy groups -OCH3 is 1. The first kappa shape index (κ1) is 26.7. The lowest BCUT2D eigenvalue weighted by Crippen LogP contribution is -2.06. The third-order valence-corrected chi connectivity index (χ3v) is 6.20. The molecule has 0 radical (unpaired) electrons. The number of aromatic nitrogens is 2. The van der Waals surface area contributed by atoms with Crippen LogP contribution in [0.5, 0.6) is 0 Å². The first-order valence-electron chi connectivity index (χ1n) is 12.0. The zero-order valence-electron chi connectivity index (χ0n) is 21.1. The summed E-state index contributed by atoms with van der Waals surface area (Å²) >= 11 is 0. The summed E-state index contributed by atoms with van der Waals surface area (Å²) in [4.78, 5) is 16.6. The second-order valence-corrected chi connectivity index (χ2v) is 8.90. The zero-order chi connectivity index (χ0) is 27.3. The third kappa shape index (κ3) is 6.29. The lowest BCUT2D eigenvalue weighted by Gasteiger charge is -2.10. The molecule has 3 aromatic carbocycles. The molecular weight excluding hydrogens is 489 g/mol. The quantitative estimate of drug-likeness (QED) is 0.179. The molecule has 0 spiro atoms. The van der Waals surface area contributed by atoms with E-state index >= 15 is 0 Å². The van der Waals surface area contributed by atoms with Crippen LogP contribution in [0.15, 0.2) is 97.7 Å². The summed E-state index contributed by atoms with van der Waals surface area (Å²) in [5.41, 5.74) is 4.80. The topological polar surface area (TPSA) is 44.1 Å². The Morgan fingerprint density at radius 3 is 2.32 bits per heavy atom. The fraction of sp³-hybridized carbons (Fsp3) is 0.161. The summed E-state index contributed by atoms with van der Waals surface area (Å²) in [5.74, 6) is 0.446. The number of rotatable bonds is 8. The lowest BCUT2D eigenvalue weighted by atomic mass is 10.0. The molecule has 1 heterocycles. The number of alkyl halides is 3. The number of carbonyl (C=O) groups excluding carboxylic acids is 1. The van der Waals surface area contributed by atoms with Crippen LogP contribution in [0.4, 0.5) is 13.2 Å². The highest BCUT2D eigenvalue weighted by atomic mass is 19.4. The van der Waals surface area contributed by atoms with Gasteiger partial charge < -0.3 is 9.30 Å². The van der Waals surface area contributed by atoms with Crippen molar-refractivity contribution in [3.8, 4) is 11.1 Å². The number of hydrogen-bond acceptors (Lipinski definition) is 3. The molecule has 0 amide bonds. The van der Waals surface area contributed by atoms with Gasteiger partial charge in [0.05, 0.1) is 23.9 Å². The van der Waals surface area contributed by atoms with Crippen LogP contribution in [0, 0.1) is 0 Å². The number of carbonyl (C=O) groups is 1. The van der Waals surface area contributed by atoms with Crippen LogP contribution < -0.4 is 0 Å². The highest BCUT2D eigenvalue weighted by Gasteiger charge is 2.30. The van der Waals surface area contributed by atoms with Crippen LogP contribution in [0.3, 0.4) is 0 Å². The average Bonchev–Trinajstić information content (AvgIpc) is 3.31. The maximum Gasteiger partial charge on any atom is 0.416 e. The molecule has 1 aromatic heterocycles. The van der Waals surface area contributed by atoms with Gasteiger partial charge in [-0.05, 0) is 59.0 Å². The minimum absolute atomic E-state index is 0.388. The van der Waals surface area contributed by atoms with E-state index in [-0.39, 0.29) is 5.97 Å². The van der Waals surface area contributed by atoms with E-state index in [1.165, 1.54) is 13.2 Å². The predicted molar refractivity (Wildman–Crippen MR) is 143 cm³/mol. The van der Waals surface area contributed by atoms with Gasteiger partial charge in [-0.1, -0.05) is 67.3 Å². The smallest absolute Gasteiger partial charge is 0.416 e. The Labute approximate surface area is 219 Å². The number of benzene rings is 3. The highest BCUT2D eigenvalue weighted by molar-refractivity contribution is 5.89. The summed E-state index contributed by atoms with van der Waals surface area (Å²) in [6.45, 7) is 6.28. The van der Waals surface area contributed by atoms with Gasteiger partial charge in [0, 0.05) is 19.2 Å². The van der Waals surface area contributed by atoms with Crippen molar-refractivity contribution in [3.63, 3.8) is 0 Å². The van der Waals surface area contributed by atoms with Crippen LogP contribution >= 0.6 is 0 Å². The molecule has 4 nitrogen and oxygen atoms in total. The van der Waals surface area contributed by atoms with E-state index in [0.717, 1.165) is 40.4 Å². The Morgan fingerprint density at radius 2 is 1.68 bits per heavy atom. The van der Waals surface area contributed by atoms with E-state index in [1.807, 2.05) is 55.6 Å². The summed E-state index contributed by atoms with van der Waals surface area (Å²) < 4.78 is 46.2. The van der Waals surface area contributed by atoms with Gasteiger partial charge in [0.1, 0.15) is 5.82 Å². The Hall–Kier alpha value is -4.39. The molecule has 194 valence electrons. The minimum atomic E-state index is -4.39. The second-order valence-electron chi connectivity index (χ2n) is 8.90. The van der Waals surface area contributed by atoms with Gasteiger partial charge in [0.25, 0.3) is 0 Å². The molecule has 0 bridgehead atoms. The molecule has 38 heavy (non-hydrogen) atoms. The number of halogens is 3. The number of esters is 1. The highest BCUT2D eigenvalue weighted by Crippen LogP contribution is 2.32. The number of nitrogens with zero attached hydrogens (tertiary/aromatic N) is 2. The summed E-state index contributed by atoms with van der Waals surface area (Å²) in [7, 11) is 1.35. The first-order chi connectivity index (χ1) is 18.2. The van der Waals surface area contributed by atoms with E-state index in [9.17, 15) is 18.0 Å². The molecule has 0 atom stereocenters. The molecule has 0 aliphatic heterocycles. The van der Waals surface area contributed by atoms with E-state index in [1.54, 1.807) is 24.3 Å². The average molecular weight is 517 g/mol. The van der Waals surface area contributed by atoms with Gasteiger partial charge >= 0.3 is 12.1 Å². The predicted octanol–water partition coefficient (Wildman–Crippen LogP) is 7.58. The molecular formula is C31H27F3N2O2. The van der Waals surface area contributed by atoms with Crippen molar-refractivity contribution < 1.29 is 22.7 Å². The monoisotopic (exact) mass is 516 g/mol. The van der Waals surface area contributed by atoms with Gasteiger partial charge in [0.15, 0.2) is 0 Å². The van der Waals surface area contributed by atoms with Crippen molar-refractivity contribution >= 4 is 11.5 Å². The van der Waals surface area contributed by atoms with Gasteiger partial charge in [-0.25, -0.2) is 9.78 Å². The standard InChI is InChI=1S/C31H27F3N2O2/c1-4-6-21(2)28-20-36(19-23-11-15-25(16-12-23)30(37)38-3)29(35-28)17-22-9-13-24(14-10-22)26-7-5-8-27(18-26)31(32,33)34/h4-16,18,20H,1,17,19H2,2-3H3/b21-6+. The van der Waals surface area contributed by atoms with Crippen molar-refractivity contribution in [2.45, 2.75) is 26.1 Å². The molecule has 4 aromatic rings. The molecule has 0 saturated heterocycles. The SMILES string of the molecule is C=C/C=C(\C)c1cn(Cc2ccc(C(=O)OC)cc2)c(Cc2ccc(-c3cccc(C(F)(F)F)c3)cc2)n1. The minimum Gasteiger partial charge on any atom is -0.465 e. The van der Waals surface area contributed by atoms with Crippen molar-refractivity contribution in [1.82, 2.24) is 9.55 Å². The van der Waals surface area contributed by atoms with Gasteiger partial charge in [-0.2, -0.15) is 13.2 Å². The Bertz CT molecular complexity index is 1460. The van der Waals surface area contributed by atoms with Crippen molar-refractivity contribution in [2.24, 2.45) is 0 Å². The number of imidazole rings is 1. The van der Waals surface area contributed by atoms with E-state index < -0.39 is 11.7 Å². The van der Waals surface area contributed by atoms with Crippen LogP contribution in [-0.2, 0) is 23.9 Å². The fourth-order valence-electron chi connectivity index (χ4n) is 4.12. The number of allylic oxidation sites excluding steroid dienone is 3. The molecule has 0 saturated carbocycles. The van der Waals surface area contributed by atoms with Gasteiger partial charge in [-0.15, -0.1) is 0 Å². The molecule has 0 fully saturated rings. The lowest BCUT2D eigenvalue weighted by molar-refractivity contribution is -0.137. The summed E-state index contributed by atoms with van der Waals surface area (Å²) in [5, 5.41) is 0. The van der Waals surface area contributed by atoms with E-state index in [4.69, 9.17) is 9.72 Å². The summed E-state index contributed by atoms with van der Waals surface area (Å²) in [6, 6.07) is 20.0. The fourth-order valence-corrected chi connectivity index (χ4v) is 4.12. The van der Waals surface area contributed by atoms with E-state index in [2.05, 4.69) is 11.1 Å². The first-order valence-corrected chi connectivity index (χ1v) is 12.0. The maximum atomic E-state index is 13.1. The van der Waals surface area contributed by atoms with Gasteiger partial charge in [0.2, 0.25) is 0 Å². The Balaban J connectivity index is 1.60. The zero-order valence-corrected chi connectivity index (χ0v) is 21.1. The number of hydrogen-bond donors (Lipinski definition) is 0. The summed E-state index contributed by atoms with van der Waals surface area (Å²) in [6.07, 6.45) is 1.74. The van der Waals surface area contributed by atoms with Crippen LogP contribution in [-0.4, -0.2) is 22.6 Å². The van der Waals surface area contributed by atoms with Crippen molar-refractivity contribution in [1.29, 1.82) is 0 Å². The molecule has 0 aliphatic carbocycles. The Kier molecular flexibility index (Phi) is 7.96. The molecule has 0 N–H and O–H groups in total. The van der Waals surface area contributed by atoms with Crippen molar-refractivity contribution in [3.05, 3.63) is 131 Å². The molecule has 0 aliphatic rings. The molecule has 7 heteroatoms. The third-order valence-electron chi connectivity index (χ3n) is 6.20. The van der Waals surface area contributed by atoms with Crippen LogP contribution in [0.1, 0.15) is 45.5 Å². The maximum absolute atomic E-state index is 13.1. The molecule has 4 rings (SSSR count). The normalized spacial score (nSPS) is 11.9. The van der Waals surface area contributed by atoms with E-state index in [0.29, 0.717) is 29.7 Å². The molecule has 0 unspecified atom stereocenters. The van der Waals surface area contributed by atoms with Gasteiger partial charge in [-0.3, -0.25) is 0 Å². The van der Waals surface area contributed by atoms with Crippen LogP contribution in [0.2, 0.25) is 0 Å². The van der Waals surface area contributed by atoms with Crippen LogP contribution in [0.25, 0.3) is 16.7 Å². The largest absolute Gasteiger partial charge is 0.465 e. The Morgan fingerprint density at radius 1 is 1.00 bits per heavy atom. The van der Waals surface area contributed by atoms with Crippen molar-refractivity contribution in [2.75, 3.05) is 7.11 Å².